The molecule has 1 unspecified atom stereocenters. The third-order valence-corrected chi connectivity index (χ3v) is 3.86. The number of rotatable bonds is 3. The maximum Gasteiger partial charge on any atom is 0.272 e. The molecule has 110 valence electrons. The lowest BCUT2D eigenvalue weighted by Crippen LogP contribution is -2.30. The topological polar surface area (TPSA) is 80.5 Å². The number of anilines is 1. The Labute approximate surface area is 122 Å². The van der Waals surface area contributed by atoms with E-state index in [0.29, 0.717) is 24.6 Å². The Bertz CT molecular complexity index is 674. The van der Waals surface area contributed by atoms with E-state index in [2.05, 4.69) is 10.4 Å². The van der Waals surface area contributed by atoms with Gasteiger partial charge in [0.15, 0.2) is 0 Å². The van der Waals surface area contributed by atoms with Crippen molar-refractivity contribution in [1.82, 2.24) is 9.88 Å². The van der Waals surface area contributed by atoms with Crippen LogP contribution in [0.3, 0.4) is 0 Å². The fraction of sp³-hybridized carbons (Fsp3) is 0.333. The Morgan fingerprint density at radius 1 is 1.48 bits per heavy atom. The molecule has 0 saturated carbocycles. The van der Waals surface area contributed by atoms with Crippen LogP contribution in [-0.4, -0.2) is 42.1 Å². The van der Waals surface area contributed by atoms with Crippen LogP contribution in [0.1, 0.15) is 16.9 Å². The minimum Gasteiger partial charge on any atom is -0.380 e. The predicted octanol–water partition coefficient (Wildman–Crippen LogP) is 1.38. The Morgan fingerprint density at radius 2 is 2.29 bits per heavy atom. The first kappa shape index (κ1) is 13.8. The van der Waals surface area contributed by atoms with Crippen LogP contribution in [0.25, 0.3) is 10.8 Å². The van der Waals surface area contributed by atoms with E-state index in [1.54, 1.807) is 18.1 Å². The number of likely N-dealkylation sites (tertiary alicyclic amines) is 1. The molecular formula is C15H18N4O2. The highest BCUT2D eigenvalue weighted by molar-refractivity contribution is 6.00. The Hall–Kier alpha value is -2.18. The van der Waals surface area contributed by atoms with Crippen molar-refractivity contribution in [2.24, 2.45) is 5.84 Å². The number of pyridine rings is 1. The normalized spacial score (nSPS) is 18.2. The second-order valence-corrected chi connectivity index (χ2v) is 5.12. The summed E-state index contributed by atoms with van der Waals surface area (Å²) in [5.74, 6) is 5.95. The molecule has 1 aromatic carbocycles. The summed E-state index contributed by atoms with van der Waals surface area (Å²) < 4.78 is 5.30. The number of methoxy groups -OCH3 is 1. The lowest BCUT2D eigenvalue weighted by molar-refractivity contribution is 0.0719. The van der Waals surface area contributed by atoms with E-state index in [1.807, 2.05) is 24.3 Å². The Morgan fingerprint density at radius 3 is 3.00 bits per heavy atom. The van der Waals surface area contributed by atoms with Gasteiger partial charge in [-0.3, -0.25) is 4.79 Å². The number of ether oxygens (including phenoxy) is 1. The number of fused-ring (bicyclic) bond motifs is 1. The first-order valence-corrected chi connectivity index (χ1v) is 6.91. The van der Waals surface area contributed by atoms with E-state index in [1.165, 1.54) is 0 Å². The van der Waals surface area contributed by atoms with Crippen LogP contribution in [0.15, 0.2) is 30.3 Å². The van der Waals surface area contributed by atoms with Crippen LogP contribution in [0.5, 0.6) is 0 Å². The first-order valence-electron chi connectivity index (χ1n) is 6.91. The summed E-state index contributed by atoms with van der Waals surface area (Å²) in [5, 5.41) is 1.83. The highest BCUT2D eigenvalue weighted by atomic mass is 16.5. The van der Waals surface area contributed by atoms with Crippen LogP contribution in [0, 0.1) is 0 Å². The molecule has 1 aromatic heterocycles. The van der Waals surface area contributed by atoms with E-state index in [4.69, 9.17) is 10.6 Å². The Balaban J connectivity index is 1.95. The highest BCUT2D eigenvalue weighted by Crippen LogP contribution is 2.23. The zero-order valence-corrected chi connectivity index (χ0v) is 11.9. The van der Waals surface area contributed by atoms with Gasteiger partial charge in [-0.15, -0.1) is 0 Å². The minimum absolute atomic E-state index is 0.0863. The fourth-order valence-corrected chi connectivity index (χ4v) is 2.69. The largest absolute Gasteiger partial charge is 0.380 e. The van der Waals surface area contributed by atoms with Gasteiger partial charge < -0.3 is 15.1 Å². The van der Waals surface area contributed by atoms with Crippen molar-refractivity contribution >= 4 is 22.5 Å². The summed E-state index contributed by atoms with van der Waals surface area (Å²) in [7, 11) is 1.67. The molecule has 21 heavy (non-hydrogen) atoms. The number of hydrazine groups is 1. The molecule has 2 heterocycles. The summed E-state index contributed by atoms with van der Waals surface area (Å²) in [6.45, 7) is 1.30. The molecule has 6 nitrogen and oxygen atoms in total. The summed E-state index contributed by atoms with van der Waals surface area (Å²) >= 11 is 0. The highest BCUT2D eigenvalue weighted by Gasteiger charge is 2.27. The van der Waals surface area contributed by atoms with Crippen LogP contribution in [-0.2, 0) is 4.74 Å². The smallest absolute Gasteiger partial charge is 0.272 e. The van der Waals surface area contributed by atoms with Crippen molar-refractivity contribution in [3.05, 3.63) is 36.0 Å². The van der Waals surface area contributed by atoms with Gasteiger partial charge in [0, 0.05) is 25.6 Å². The molecule has 1 amide bonds. The van der Waals surface area contributed by atoms with Gasteiger partial charge in [0.25, 0.3) is 5.91 Å². The standard InChI is InChI=1S/C15H18N4O2/c1-21-11-6-7-19(9-11)15(20)13-8-10-4-2-3-5-12(10)14(17-13)18-16/h2-5,8,11H,6-7,9,16H2,1H3,(H,17,18). The van der Waals surface area contributed by atoms with Gasteiger partial charge in [0.2, 0.25) is 0 Å². The van der Waals surface area contributed by atoms with Gasteiger partial charge >= 0.3 is 0 Å². The summed E-state index contributed by atoms with van der Waals surface area (Å²) in [6, 6.07) is 9.50. The molecule has 0 bridgehead atoms. The molecule has 1 atom stereocenters. The third kappa shape index (κ3) is 2.55. The number of aromatic nitrogens is 1. The lowest BCUT2D eigenvalue weighted by Gasteiger charge is -2.16. The molecular weight excluding hydrogens is 268 g/mol. The quantitative estimate of drug-likeness (QED) is 0.658. The number of nitrogens with zero attached hydrogens (tertiary/aromatic N) is 2. The van der Waals surface area contributed by atoms with Crippen molar-refractivity contribution in [1.29, 1.82) is 0 Å². The van der Waals surface area contributed by atoms with Crippen LogP contribution < -0.4 is 11.3 Å². The van der Waals surface area contributed by atoms with Gasteiger partial charge in [0.05, 0.1) is 6.10 Å². The lowest BCUT2D eigenvalue weighted by atomic mass is 10.1. The second kappa shape index (κ2) is 5.67. The summed E-state index contributed by atoms with van der Waals surface area (Å²) in [4.78, 5) is 18.7. The number of nitrogen functional groups attached to an aromatic ring is 1. The van der Waals surface area contributed by atoms with Crippen molar-refractivity contribution < 1.29 is 9.53 Å². The molecule has 2 aromatic rings. The molecule has 6 heteroatoms. The van der Waals surface area contributed by atoms with Crippen molar-refractivity contribution in [2.75, 3.05) is 25.6 Å². The first-order chi connectivity index (χ1) is 10.2. The number of hydrogen-bond donors (Lipinski definition) is 2. The monoisotopic (exact) mass is 286 g/mol. The number of carbonyl (C=O) groups excluding carboxylic acids is 1. The summed E-state index contributed by atoms with van der Waals surface area (Å²) in [5.41, 5.74) is 2.97. The number of amides is 1. The number of benzene rings is 1. The average Bonchev–Trinajstić information content (AvgIpc) is 3.02. The maximum absolute atomic E-state index is 12.6. The molecule has 1 saturated heterocycles. The van der Waals surface area contributed by atoms with Crippen molar-refractivity contribution in [3.8, 4) is 0 Å². The number of carbonyl (C=O) groups is 1. The van der Waals surface area contributed by atoms with E-state index in [9.17, 15) is 4.79 Å². The summed E-state index contributed by atoms with van der Waals surface area (Å²) in [6.07, 6.45) is 0.971. The van der Waals surface area contributed by atoms with Gasteiger partial charge in [-0.2, -0.15) is 0 Å². The zero-order valence-electron chi connectivity index (χ0n) is 11.9. The van der Waals surface area contributed by atoms with Gasteiger partial charge in [-0.25, -0.2) is 10.8 Å². The van der Waals surface area contributed by atoms with Crippen LogP contribution >= 0.6 is 0 Å². The van der Waals surface area contributed by atoms with Gasteiger partial charge in [0.1, 0.15) is 11.5 Å². The fourth-order valence-electron chi connectivity index (χ4n) is 2.69. The third-order valence-electron chi connectivity index (χ3n) is 3.86. The van der Waals surface area contributed by atoms with E-state index in [-0.39, 0.29) is 12.0 Å². The number of nitrogens with two attached hydrogens (primary N) is 1. The number of nitrogens with one attached hydrogen (secondary N) is 1. The van der Waals surface area contributed by atoms with Gasteiger partial charge in [-0.05, 0) is 17.9 Å². The Kier molecular flexibility index (Phi) is 3.72. The molecule has 3 rings (SSSR count). The molecule has 1 aliphatic rings. The molecule has 1 aliphatic heterocycles. The molecule has 3 N–H and O–H groups in total. The van der Waals surface area contributed by atoms with Crippen LogP contribution in [0.4, 0.5) is 5.82 Å². The molecule has 0 radical (unpaired) electrons. The zero-order chi connectivity index (χ0) is 14.8. The molecule has 0 spiro atoms. The second-order valence-electron chi connectivity index (χ2n) is 5.12. The van der Waals surface area contributed by atoms with E-state index in [0.717, 1.165) is 17.2 Å². The van der Waals surface area contributed by atoms with E-state index < -0.39 is 0 Å². The van der Waals surface area contributed by atoms with Crippen molar-refractivity contribution in [3.63, 3.8) is 0 Å². The van der Waals surface area contributed by atoms with Crippen LogP contribution in [0.2, 0.25) is 0 Å². The average molecular weight is 286 g/mol. The number of hydrogen-bond acceptors (Lipinski definition) is 5. The molecule has 0 aliphatic carbocycles. The van der Waals surface area contributed by atoms with Gasteiger partial charge in [-0.1, -0.05) is 24.3 Å². The van der Waals surface area contributed by atoms with Crippen molar-refractivity contribution in [2.45, 2.75) is 12.5 Å². The SMILES string of the molecule is COC1CCN(C(=O)c2cc3ccccc3c(NN)n2)C1. The predicted molar refractivity (Wildman–Crippen MR) is 80.9 cm³/mol. The minimum atomic E-state index is -0.0863. The maximum atomic E-state index is 12.6. The molecule has 1 fully saturated rings. The van der Waals surface area contributed by atoms with E-state index >= 15 is 0 Å².